The molecule has 0 fully saturated rings. The van der Waals surface area contributed by atoms with Crippen LogP contribution in [0.4, 0.5) is 0 Å². The summed E-state index contributed by atoms with van der Waals surface area (Å²) in [6.45, 7) is 9.38. The van der Waals surface area contributed by atoms with E-state index in [1.807, 2.05) is 50.2 Å². The highest BCUT2D eigenvalue weighted by Gasteiger charge is 2.34. The summed E-state index contributed by atoms with van der Waals surface area (Å²) in [5.74, 6) is 1.51. The molecule has 0 saturated heterocycles. The van der Waals surface area contributed by atoms with E-state index in [9.17, 15) is 4.79 Å². The Balaban J connectivity index is 1.88. The van der Waals surface area contributed by atoms with Gasteiger partial charge in [-0.05, 0) is 44.0 Å². The quantitative estimate of drug-likeness (QED) is 0.642. The third kappa shape index (κ3) is 2.52. The van der Waals surface area contributed by atoms with Crippen molar-refractivity contribution < 1.29 is 14.1 Å². The smallest absolute Gasteiger partial charge is 0.519 e. The van der Waals surface area contributed by atoms with Crippen LogP contribution in [0.25, 0.3) is 5.57 Å². The number of carbonyl (C=O) groups excluding carboxylic acids is 1. The number of fused-ring (bicyclic) bond motifs is 1. The molecule has 0 atom stereocenters. The number of ketones is 1. The van der Waals surface area contributed by atoms with Gasteiger partial charge < -0.3 is 9.31 Å². The van der Waals surface area contributed by atoms with Crippen molar-refractivity contribution in [3.8, 4) is 11.5 Å². The van der Waals surface area contributed by atoms with Crippen molar-refractivity contribution in [1.82, 2.24) is 0 Å². The normalized spacial score (nSPS) is 12.4. The third-order valence-corrected chi connectivity index (χ3v) is 3.81. The number of carbonyl (C=O) groups is 1. The van der Waals surface area contributed by atoms with Crippen LogP contribution in [0, 0.1) is 6.92 Å². The lowest BCUT2D eigenvalue weighted by molar-refractivity contribution is 0.101. The van der Waals surface area contributed by atoms with Crippen LogP contribution in [0.3, 0.4) is 0 Å². The van der Waals surface area contributed by atoms with E-state index in [0.717, 1.165) is 39.2 Å². The molecule has 1 heterocycles. The van der Waals surface area contributed by atoms with Gasteiger partial charge in [0.25, 0.3) is 0 Å². The molecule has 22 heavy (non-hydrogen) atoms. The molecule has 1 aliphatic rings. The summed E-state index contributed by atoms with van der Waals surface area (Å²) in [5.41, 5.74) is 4.57. The van der Waals surface area contributed by atoms with Gasteiger partial charge in [-0.25, -0.2) is 0 Å². The lowest BCUT2D eigenvalue weighted by atomic mass is 9.78. The van der Waals surface area contributed by atoms with E-state index in [1.54, 1.807) is 6.92 Å². The summed E-state index contributed by atoms with van der Waals surface area (Å²) in [4.78, 5) is 11.5. The van der Waals surface area contributed by atoms with Crippen LogP contribution in [-0.4, -0.2) is 12.9 Å². The highest BCUT2D eigenvalue weighted by atomic mass is 16.6. The molecule has 110 valence electrons. The number of aryl methyl sites for hydroxylation is 1. The second-order valence-corrected chi connectivity index (χ2v) is 5.64. The van der Waals surface area contributed by atoms with Crippen LogP contribution in [-0.2, 0) is 0 Å². The van der Waals surface area contributed by atoms with E-state index in [2.05, 4.69) is 6.58 Å². The van der Waals surface area contributed by atoms with Gasteiger partial charge in [0.1, 0.15) is 11.5 Å². The number of Topliss-reactive ketones (excluding diaryl/α,β-unsaturated/α-hetero) is 1. The average Bonchev–Trinajstić information content (AvgIpc) is 2.89. The molecule has 0 spiro atoms. The second kappa shape index (κ2) is 5.37. The first-order valence-electron chi connectivity index (χ1n) is 7.20. The van der Waals surface area contributed by atoms with Crippen LogP contribution < -0.4 is 14.8 Å². The largest absolute Gasteiger partial charge is 0.632 e. The van der Waals surface area contributed by atoms with Crippen LogP contribution in [0.2, 0.25) is 0 Å². The van der Waals surface area contributed by atoms with Gasteiger partial charge in [-0.1, -0.05) is 36.4 Å². The molecular formula is C18H17BO3. The Morgan fingerprint density at radius 2 is 1.77 bits per heavy atom. The standard InChI is InChI=1S/C18H17BO3/c1-11(2)14-5-8-17-18(10-14)22-19(21-17)15-6-7-16(13(4)20)12(3)9-15/h5-10H,1H2,2-4H3. The van der Waals surface area contributed by atoms with Crippen molar-refractivity contribution in [2.75, 3.05) is 0 Å². The maximum atomic E-state index is 11.5. The van der Waals surface area contributed by atoms with Gasteiger partial charge in [0.15, 0.2) is 5.78 Å². The van der Waals surface area contributed by atoms with E-state index in [1.165, 1.54) is 0 Å². The lowest BCUT2D eigenvalue weighted by Gasteiger charge is -2.08. The summed E-state index contributed by atoms with van der Waals surface area (Å²) in [6, 6.07) is 11.4. The maximum absolute atomic E-state index is 11.5. The topological polar surface area (TPSA) is 35.5 Å². The number of rotatable bonds is 3. The number of hydrogen-bond acceptors (Lipinski definition) is 3. The van der Waals surface area contributed by atoms with Crippen molar-refractivity contribution in [3.63, 3.8) is 0 Å². The molecule has 0 unspecified atom stereocenters. The average molecular weight is 292 g/mol. The van der Waals surface area contributed by atoms with Crippen LogP contribution >= 0.6 is 0 Å². The third-order valence-electron chi connectivity index (χ3n) is 3.81. The number of allylic oxidation sites excluding steroid dienone is 1. The molecule has 4 heteroatoms. The highest BCUT2D eigenvalue weighted by Crippen LogP contribution is 2.35. The molecule has 0 radical (unpaired) electrons. The van der Waals surface area contributed by atoms with E-state index in [0.29, 0.717) is 0 Å². The Morgan fingerprint density at radius 3 is 2.41 bits per heavy atom. The van der Waals surface area contributed by atoms with Crippen molar-refractivity contribution in [2.24, 2.45) is 0 Å². The van der Waals surface area contributed by atoms with E-state index < -0.39 is 7.12 Å². The second-order valence-electron chi connectivity index (χ2n) is 5.64. The van der Waals surface area contributed by atoms with Gasteiger partial charge in [-0.2, -0.15) is 0 Å². The van der Waals surface area contributed by atoms with Crippen molar-refractivity contribution >= 4 is 23.9 Å². The number of benzene rings is 2. The molecule has 3 nitrogen and oxygen atoms in total. The zero-order valence-electron chi connectivity index (χ0n) is 13.0. The van der Waals surface area contributed by atoms with Gasteiger partial charge in [-0.15, -0.1) is 0 Å². The van der Waals surface area contributed by atoms with Gasteiger partial charge in [0.2, 0.25) is 0 Å². The molecular weight excluding hydrogens is 275 g/mol. The van der Waals surface area contributed by atoms with Gasteiger partial charge in [-0.3, -0.25) is 4.79 Å². The Morgan fingerprint density at radius 1 is 1.05 bits per heavy atom. The fourth-order valence-electron chi connectivity index (χ4n) is 2.58. The Bertz CT molecular complexity index is 780. The highest BCUT2D eigenvalue weighted by molar-refractivity contribution is 6.63. The molecule has 0 bridgehead atoms. The summed E-state index contributed by atoms with van der Waals surface area (Å²) < 4.78 is 11.7. The summed E-state index contributed by atoms with van der Waals surface area (Å²) in [6.07, 6.45) is 0. The van der Waals surface area contributed by atoms with E-state index in [-0.39, 0.29) is 5.78 Å². The van der Waals surface area contributed by atoms with Gasteiger partial charge in [0, 0.05) is 11.0 Å². The Labute approximate surface area is 130 Å². The minimum atomic E-state index is -0.477. The summed E-state index contributed by atoms with van der Waals surface area (Å²) >= 11 is 0. The fourth-order valence-corrected chi connectivity index (χ4v) is 2.58. The minimum Gasteiger partial charge on any atom is -0.519 e. The first-order chi connectivity index (χ1) is 10.5. The zero-order valence-corrected chi connectivity index (χ0v) is 13.0. The molecule has 0 aromatic heterocycles. The SMILES string of the molecule is C=C(C)c1ccc2c(c1)OB(c1ccc(C(C)=O)c(C)c1)O2. The monoisotopic (exact) mass is 292 g/mol. The number of hydrogen-bond donors (Lipinski definition) is 0. The molecule has 0 saturated carbocycles. The van der Waals surface area contributed by atoms with Gasteiger partial charge >= 0.3 is 7.12 Å². The molecule has 0 amide bonds. The first-order valence-corrected chi connectivity index (χ1v) is 7.20. The van der Waals surface area contributed by atoms with E-state index >= 15 is 0 Å². The van der Waals surface area contributed by atoms with Crippen LogP contribution in [0.15, 0.2) is 43.0 Å². The predicted octanol–water partition coefficient (Wildman–Crippen LogP) is 3.40. The van der Waals surface area contributed by atoms with Crippen LogP contribution in [0.5, 0.6) is 11.5 Å². The Hall–Kier alpha value is -2.49. The molecule has 0 aliphatic carbocycles. The summed E-state index contributed by atoms with van der Waals surface area (Å²) in [5, 5.41) is 0. The summed E-state index contributed by atoms with van der Waals surface area (Å²) in [7, 11) is -0.477. The van der Waals surface area contributed by atoms with Crippen molar-refractivity contribution in [3.05, 3.63) is 59.7 Å². The van der Waals surface area contributed by atoms with Gasteiger partial charge in [0.05, 0.1) is 0 Å². The minimum absolute atomic E-state index is 0.0618. The van der Waals surface area contributed by atoms with E-state index in [4.69, 9.17) is 9.31 Å². The molecule has 2 aromatic carbocycles. The zero-order chi connectivity index (χ0) is 15.9. The fraction of sp³-hybridized carbons (Fsp3) is 0.167. The molecule has 1 aliphatic heterocycles. The Kier molecular flexibility index (Phi) is 3.53. The molecule has 2 aromatic rings. The first kappa shape index (κ1) is 14.5. The molecule has 3 rings (SSSR count). The van der Waals surface area contributed by atoms with Crippen molar-refractivity contribution in [1.29, 1.82) is 0 Å². The maximum Gasteiger partial charge on any atom is 0.632 e. The lowest BCUT2D eigenvalue weighted by Crippen LogP contribution is -2.39. The molecule has 0 N–H and O–H groups in total. The van der Waals surface area contributed by atoms with Crippen molar-refractivity contribution in [2.45, 2.75) is 20.8 Å². The van der Waals surface area contributed by atoms with Crippen LogP contribution in [0.1, 0.15) is 35.3 Å². The predicted molar refractivity (Wildman–Crippen MR) is 89.0 cm³/mol.